The number of quaternary nitrogens is 1. The first-order valence-electron chi connectivity index (χ1n) is 8.21. The highest BCUT2D eigenvalue weighted by molar-refractivity contribution is 5.68. The Kier molecular flexibility index (Phi) is 7.44. The van der Waals surface area contributed by atoms with Crippen molar-refractivity contribution in [3.05, 3.63) is 0 Å². The Morgan fingerprint density at radius 3 is 2.00 bits per heavy atom. The van der Waals surface area contributed by atoms with Gasteiger partial charge in [0.1, 0.15) is 6.04 Å². The normalized spacial score (nSPS) is 21.6. The van der Waals surface area contributed by atoms with Gasteiger partial charge in [0.2, 0.25) is 0 Å². The maximum absolute atomic E-state index is 11.6. The maximum atomic E-state index is 11.6. The lowest BCUT2D eigenvalue weighted by atomic mass is 10.0. The number of unbranched alkanes of at least 4 members (excludes halogenated alkanes) is 8. The van der Waals surface area contributed by atoms with Crippen LogP contribution in [-0.2, 0) is 0 Å². The molecule has 0 aliphatic carbocycles. The third kappa shape index (κ3) is 5.52. The van der Waals surface area contributed by atoms with Crippen molar-refractivity contribution < 1.29 is 9.28 Å². The highest BCUT2D eigenvalue weighted by Crippen LogP contribution is 2.20. The van der Waals surface area contributed by atoms with Crippen molar-refractivity contribution in [3.63, 3.8) is 0 Å². The molecule has 0 spiro atoms. The van der Waals surface area contributed by atoms with Crippen LogP contribution in [-0.4, -0.2) is 37.2 Å². The molecular weight excluding hydrogens is 236 g/mol. The molecule has 1 aliphatic heterocycles. The lowest BCUT2D eigenvalue weighted by Crippen LogP contribution is -2.48. The van der Waals surface area contributed by atoms with Crippen molar-refractivity contribution in [2.24, 2.45) is 0 Å². The molecule has 1 atom stereocenters. The number of urea groups is 1. The molecule has 1 N–H and O–H groups in total. The molecule has 0 aromatic carbocycles. The summed E-state index contributed by atoms with van der Waals surface area (Å²) in [4.78, 5) is 11.6. The smallest absolute Gasteiger partial charge is 0.300 e. The van der Waals surface area contributed by atoms with Crippen molar-refractivity contribution >= 4 is 6.03 Å². The molecule has 1 aliphatic rings. The second-order valence-corrected chi connectivity index (χ2v) is 6.50. The minimum absolute atomic E-state index is 0.181. The van der Waals surface area contributed by atoms with Crippen LogP contribution in [0.3, 0.4) is 0 Å². The van der Waals surface area contributed by atoms with E-state index in [1.165, 1.54) is 64.2 Å². The predicted molar refractivity (Wildman–Crippen MR) is 81.1 cm³/mol. The molecule has 112 valence electrons. The molecule has 3 heteroatoms. The topological polar surface area (TPSA) is 29.1 Å². The first kappa shape index (κ1) is 16.5. The number of amides is 2. The number of nitrogens with one attached hydrogen (secondary N) is 1. The third-order valence-electron chi connectivity index (χ3n) is 4.57. The molecule has 0 aromatic heterocycles. The molecule has 2 amide bonds. The number of carbonyl (C=O) groups excluding carboxylic acids is 1. The fourth-order valence-corrected chi connectivity index (χ4v) is 2.92. The zero-order chi connectivity index (χ0) is 14.1. The van der Waals surface area contributed by atoms with Gasteiger partial charge in [-0.25, -0.2) is 9.28 Å². The lowest BCUT2D eigenvalue weighted by molar-refractivity contribution is -0.825. The van der Waals surface area contributed by atoms with Gasteiger partial charge < -0.3 is 0 Å². The molecule has 0 saturated carbocycles. The van der Waals surface area contributed by atoms with Gasteiger partial charge in [-0.1, -0.05) is 58.3 Å². The predicted octanol–water partition coefficient (Wildman–Crippen LogP) is 4.08. The second-order valence-electron chi connectivity index (χ2n) is 6.50. The van der Waals surface area contributed by atoms with Crippen LogP contribution >= 0.6 is 0 Å². The van der Waals surface area contributed by atoms with E-state index in [9.17, 15) is 4.79 Å². The SMILES string of the molecule is CCCCCCCCCCCC1CNC(=O)[N+]1(C)C. The number of rotatable bonds is 10. The van der Waals surface area contributed by atoms with E-state index in [4.69, 9.17) is 0 Å². The van der Waals surface area contributed by atoms with Gasteiger partial charge in [0, 0.05) is 6.42 Å². The number of hydrogen-bond donors (Lipinski definition) is 1. The van der Waals surface area contributed by atoms with Crippen LogP contribution in [0.15, 0.2) is 0 Å². The van der Waals surface area contributed by atoms with Crippen molar-refractivity contribution in [1.29, 1.82) is 0 Å². The summed E-state index contributed by atoms with van der Waals surface area (Å²) >= 11 is 0. The molecule has 1 fully saturated rings. The largest absolute Gasteiger partial charge is 0.416 e. The van der Waals surface area contributed by atoms with E-state index in [1.54, 1.807) is 0 Å². The molecule has 0 aromatic rings. The molecule has 1 rings (SSSR count). The molecule has 1 unspecified atom stereocenters. The van der Waals surface area contributed by atoms with Crippen LogP contribution in [0.4, 0.5) is 4.79 Å². The summed E-state index contributed by atoms with van der Waals surface area (Å²) < 4.78 is 0.525. The van der Waals surface area contributed by atoms with Crippen LogP contribution in [0.2, 0.25) is 0 Å². The van der Waals surface area contributed by atoms with Crippen LogP contribution in [0.25, 0.3) is 0 Å². The third-order valence-corrected chi connectivity index (χ3v) is 4.57. The van der Waals surface area contributed by atoms with Crippen molar-refractivity contribution in [3.8, 4) is 0 Å². The van der Waals surface area contributed by atoms with Crippen LogP contribution in [0.5, 0.6) is 0 Å². The van der Waals surface area contributed by atoms with Gasteiger partial charge in [0.15, 0.2) is 0 Å². The zero-order valence-corrected chi connectivity index (χ0v) is 13.2. The number of hydrogen-bond acceptors (Lipinski definition) is 1. The average molecular weight is 269 g/mol. The number of carbonyl (C=O) groups is 1. The summed E-state index contributed by atoms with van der Waals surface area (Å²) in [6, 6.07) is 0.665. The van der Waals surface area contributed by atoms with Gasteiger partial charge in [-0.3, -0.25) is 5.32 Å². The quantitative estimate of drug-likeness (QED) is 0.470. The fraction of sp³-hybridized carbons (Fsp3) is 0.938. The molecular formula is C16H33N2O+. The molecule has 1 heterocycles. The Hall–Kier alpha value is -0.570. The van der Waals surface area contributed by atoms with Gasteiger partial charge >= 0.3 is 6.03 Å². The molecule has 0 radical (unpaired) electrons. The summed E-state index contributed by atoms with van der Waals surface area (Å²) in [7, 11) is 4.06. The van der Waals surface area contributed by atoms with Gasteiger partial charge in [0.05, 0.1) is 20.6 Å². The summed E-state index contributed by atoms with van der Waals surface area (Å²) in [6.07, 6.45) is 13.5. The van der Waals surface area contributed by atoms with E-state index < -0.39 is 0 Å². The van der Waals surface area contributed by atoms with Crippen molar-refractivity contribution in [2.75, 3.05) is 20.6 Å². The molecule has 1 saturated heterocycles. The fourth-order valence-electron chi connectivity index (χ4n) is 2.92. The van der Waals surface area contributed by atoms with Gasteiger partial charge in [-0.15, -0.1) is 0 Å². The number of nitrogens with zero attached hydrogens (tertiary/aromatic N) is 1. The van der Waals surface area contributed by atoms with Crippen LogP contribution in [0, 0.1) is 0 Å². The lowest BCUT2D eigenvalue weighted by Gasteiger charge is -2.26. The highest BCUT2D eigenvalue weighted by atomic mass is 16.2. The Morgan fingerprint density at radius 2 is 1.53 bits per heavy atom. The van der Waals surface area contributed by atoms with E-state index in [-0.39, 0.29) is 6.03 Å². The van der Waals surface area contributed by atoms with Crippen LogP contribution < -0.4 is 5.32 Å². The number of likely N-dealkylation sites (N-methyl/N-ethyl adjacent to an activating group) is 1. The standard InChI is InChI=1S/C16H32N2O/c1-4-5-6-7-8-9-10-11-12-13-15-14-17-16(19)18(15,2)3/h15H,4-14H2,1-3H3/p+1. The molecule has 19 heavy (non-hydrogen) atoms. The highest BCUT2D eigenvalue weighted by Gasteiger charge is 2.41. The second kappa shape index (κ2) is 8.57. The van der Waals surface area contributed by atoms with E-state index in [1.807, 2.05) is 14.1 Å². The van der Waals surface area contributed by atoms with Crippen LogP contribution in [0.1, 0.15) is 71.1 Å². The summed E-state index contributed by atoms with van der Waals surface area (Å²) in [5.74, 6) is 0. The first-order valence-corrected chi connectivity index (χ1v) is 8.21. The Morgan fingerprint density at radius 1 is 1.00 bits per heavy atom. The Bertz CT molecular complexity index is 263. The molecule has 0 bridgehead atoms. The van der Waals surface area contributed by atoms with E-state index in [2.05, 4.69) is 12.2 Å². The van der Waals surface area contributed by atoms with Gasteiger partial charge in [0.25, 0.3) is 0 Å². The Balaban J connectivity index is 1.95. The monoisotopic (exact) mass is 269 g/mol. The maximum Gasteiger partial charge on any atom is 0.416 e. The summed E-state index contributed by atoms with van der Waals surface area (Å²) in [6.45, 7) is 3.13. The van der Waals surface area contributed by atoms with Crippen molar-refractivity contribution in [2.45, 2.75) is 77.2 Å². The van der Waals surface area contributed by atoms with E-state index in [0.717, 1.165) is 6.54 Å². The van der Waals surface area contributed by atoms with Crippen molar-refractivity contribution in [1.82, 2.24) is 5.32 Å². The minimum atomic E-state index is 0.181. The average Bonchev–Trinajstić information content (AvgIpc) is 2.63. The van der Waals surface area contributed by atoms with E-state index >= 15 is 0 Å². The molecule has 3 nitrogen and oxygen atoms in total. The summed E-state index contributed by atoms with van der Waals surface area (Å²) in [5.41, 5.74) is 0. The minimum Gasteiger partial charge on any atom is -0.300 e. The first-order chi connectivity index (χ1) is 9.09. The van der Waals surface area contributed by atoms with E-state index in [0.29, 0.717) is 10.5 Å². The zero-order valence-electron chi connectivity index (χ0n) is 13.2. The Labute approximate surface area is 119 Å². The van der Waals surface area contributed by atoms with Gasteiger partial charge in [-0.2, -0.15) is 0 Å². The van der Waals surface area contributed by atoms with Gasteiger partial charge in [-0.05, 0) is 6.42 Å². The summed E-state index contributed by atoms with van der Waals surface area (Å²) in [5, 5.41) is 2.97.